The van der Waals surface area contributed by atoms with Crippen molar-refractivity contribution in [1.29, 1.82) is 0 Å². The molecule has 3 aromatic rings. The Morgan fingerprint density at radius 3 is 2.70 bits per heavy atom. The summed E-state index contributed by atoms with van der Waals surface area (Å²) < 4.78 is 5.95. The predicted octanol–water partition coefficient (Wildman–Crippen LogP) is 5.87. The van der Waals surface area contributed by atoms with Crippen molar-refractivity contribution in [1.82, 2.24) is 0 Å². The molecule has 0 aliphatic rings. The summed E-state index contributed by atoms with van der Waals surface area (Å²) in [5.74, 6) is -1.03. The third-order valence-electron chi connectivity index (χ3n) is 4.12. The van der Waals surface area contributed by atoms with Gasteiger partial charge >= 0.3 is 5.97 Å². The van der Waals surface area contributed by atoms with Crippen LogP contribution in [0.15, 0.2) is 36.4 Å². The molecule has 140 valence electrons. The number of carbonyl (C=O) groups is 2. The van der Waals surface area contributed by atoms with Crippen LogP contribution in [-0.2, 0) is 16.0 Å². The number of hydrogen-bond acceptors (Lipinski definition) is 4. The zero-order chi connectivity index (χ0) is 19.6. The van der Waals surface area contributed by atoms with Crippen LogP contribution in [0.5, 0.6) is 0 Å². The van der Waals surface area contributed by atoms with E-state index in [9.17, 15) is 9.59 Å². The second kappa shape index (κ2) is 8.30. The lowest BCUT2D eigenvalue weighted by atomic mass is 10.1. The van der Waals surface area contributed by atoms with E-state index in [1.165, 1.54) is 11.3 Å². The number of aryl methyl sites for hydroxylation is 2. The minimum absolute atomic E-state index is 0.256. The first-order valence-corrected chi connectivity index (χ1v) is 9.91. The van der Waals surface area contributed by atoms with Crippen LogP contribution in [-0.4, -0.2) is 18.5 Å². The van der Waals surface area contributed by atoms with Gasteiger partial charge < -0.3 is 10.1 Å². The molecule has 0 aliphatic carbocycles. The second-order valence-electron chi connectivity index (χ2n) is 5.97. The van der Waals surface area contributed by atoms with Crippen molar-refractivity contribution in [2.24, 2.45) is 0 Å². The summed E-state index contributed by atoms with van der Waals surface area (Å²) in [6.07, 6.45) is 0.789. The molecule has 0 atom stereocenters. The Kier molecular flexibility index (Phi) is 6.05. The lowest BCUT2D eigenvalue weighted by molar-refractivity contribution is -0.119. The maximum absolute atomic E-state index is 12.4. The molecule has 27 heavy (non-hydrogen) atoms. The highest BCUT2D eigenvalue weighted by Gasteiger charge is 2.20. The van der Waals surface area contributed by atoms with Crippen molar-refractivity contribution in [3.8, 4) is 0 Å². The molecule has 0 spiro atoms. The maximum Gasteiger partial charge on any atom is 0.350 e. The Morgan fingerprint density at radius 2 is 1.96 bits per heavy atom. The first-order chi connectivity index (χ1) is 12.9. The van der Waals surface area contributed by atoms with Crippen molar-refractivity contribution in [3.05, 3.63) is 62.4 Å². The van der Waals surface area contributed by atoms with E-state index in [2.05, 4.69) is 5.32 Å². The monoisotopic (exact) mass is 421 g/mol. The topological polar surface area (TPSA) is 55.4 Å². The molecule has 4 nitrogen and oxygen atoms in total. The van der Waals surface area contributed by atoms with Gasteiger partial charge in [-0.3, -0.25) is 4.79 Å². The summed E-state index contributed by atoms with van der Waals surface area (Å²) in [5, 5.41) is 4.42. The van der Waals surface area contributed by atoms with Crippen LogP contribution in [0.1, 0.15) is 27.7 Å². The van der Waals surface area contributed by atoms with Crippen LogP contribution in [0.4, 0.5) is 5.69 Å². The molecular formula is C20H17Cl2NO3S. The molecule has 1 aromatic heterocycles. The third-order valence-corrected chi connectivity index (χ3v) is 5.99. The highest BCUT2D eigenvalue weighted by atomic mass is 35.5. The van der Waals surface area contributed by atoms with Crippen LogP contribution in [0, 0.1) is 6.92 Å². The number of benzene rings is 2. The average molecular weight is 422 g/mol. The van der Waals surface area contributed by atoms with Crippen molar-refractivity contribution in [2.45, 2.75) is 20.3 Å². The van der Waals surface area contributed by atoms with Crippen LogP contribution < -0.4 is 5.32 Å². The Balaban J connectivity index is 1.69. The molecule has 0 saturated carbocycles. The van der Waals surface area contributed by atoms with Gasteiger partial charge in [0.2, 0.25) is 0 Å². The summed E-state index contributed by atoms with van der Waals surface area (Å²) in [4.78, 5) is 24.8. The Bertz CT molecular complexity index is 1030. The SMILES string of the molecule is CCc1cccc(C)c1NC(=O)COC(=O)c1sc2cc(Cl)ccc2c1Cl. The number of ether oxygens (including phenoxy) is 1. The summed E-state index contributed by atoms with van der Waals surface area (Å²) in [5.41, 5.74) is 2.74. The first-order valence-electron chi connectivity index (χ1n) is 8.33. The lowest BCUT2D eigenvalue weighted by Crippen LogP contribution is -2.21. The number of nitrogens with one attached hydrogen (secondary N) is 1. The molecule has 3 rings (SSSR count). The number of thiophene rings is 1. The fourth-order valence-corrected chi connectivity index (χ4v) is 4.42. The van der Waals surface area contributed by atoms with Gasteiger partial charge in [0.1, 0.15) is 4.88 Å². The molecule has 1 amide bonds. The number of halogens is 2. The molecule has 7 heteroatoms. The van der Waals surface area contributed by atoms with Gasteiger partial charge in [-0.05, 0) is 36.6 Å². The third kappa shape index (κ3) is 4.26. The van der Waals surface area contributed by atoms with E-state index in [4.69, 9.17) is 27.9 Å². The van der Waals surface area contributed by atoms with Gasteiger partial charge in [0, 0.05) is 20.8 Å². The van der Waals surface area contributed by atoms with E-state index in [1.807, 2.05) is 32.0 Å². The predicted molar refractivity (Wildman–Crippen MR) is 111 cm³/mol. The van der Waals surface area contributed by atoms with Gasteiger partial charge in [-0.1, -0.05) is 54.4 Å². The van der Waals surface area contributed by atoms with Gasteiger partial charge in [-0.15, -0.1) is 11.3 Å². The van der Waals surface area contributed by atoms with E-state index in [0.29, 0.717) is 10.0 Å². The molecule has 1 N–H and O–H groups in total. The minimum atomic E-state index is -0.632. The number of hydrogen-bond donors (Lipinski definition) is 1. The summed E-state index contributed by atoms with van der Waals surface area (Å²) in [6, 6.07) is 11.0. The number of esters is 1. The summed E-state index contributed by atoms with van der Waals surface area (Å²) in [7, 11) is 0. The molecule has 1 heterocycles. The standard InChI is InChI=1S/C20H17Cl2NO3S/c1-3-12-6-4-5-11(2)18(12)23-16(24)10-26-20(25)19-17(22)14-8-7-13(21)9-15(14)27-19/h4-9H,3,10H2,1-2H3,(H,23,24). The smallest absolute Gasteiger partial charge is 0.350 e. The second-order valence-corrected chi connectivity index (χ2v) is 7.84. The van der Waals surface area contributed by atoms with E-state index >= 15 is 0 Å². The molecule has 0 aliphatic heterocycles. The fraction of sp³-hybridized carbons (Fsp3) is 0.200. The maximum atomic E-state index is 12.4. The quantitative estimate of drug-likeness (QED) is 0.523. The van der Waals surface area contributed by atoms with Crippen LogP contribution in [0.2, 0.25) is 10.0 Å². The Labute approximate surface area is 171 Å². The molecule has 2 aromatic carbocycles. The van der Waals surface area contributed by atoms with E-state index in [0.717, 1.165) is 33.3 Å². The van der Waals surface area contributed by atoms with Crippen LogP contribution >= 0.6 is 34.5 Å². The van der Waals surface area contributed by atoms with Gasteiger partial charge in [-0.25, -0.2) is 4.79 Å². The fourth-order valence-electron chi connectivity index (χ4n) is 2.74. The van der Waals surface area contributed by atoms with Crippen molar-refractivity contribution in [3.63, 3.8) is 0 Å². The first kappa shape index (κ1) is 19.7. The van der Waals surface area contributed by atoms with E-state index in [1.54, 1.807) is 18.2 Å². The Hall–Kier alpha value is -2.08. The van der Waals surface area contributed by atoms with Crippen LogP contribution in [0.3, 0.4) is 0 Å². The van der Waals surface area contributed by atoms with Crippen LogP contribution in [0.25, 0.3) is 10.1 Å². The summed E-state index contributed by atoms with van der Waals surface area (Å²) in [6.45, 7) is 3.55. The minimum Gasteiger partial charge on any atom is -0.451 e. The van der Waals surface area contributed by atoms with Gasteiger partial charge in [0.25, 0.3) is 5.91 Å². The number of para-hydroxylation sites is 1. The van der Waals surface area contributed by atoms with Gasteiger partial charge in [-0.2, -0.15) is 0 Å². The number of carbonyl (C=O) groups excluding carboxylic acids is 2. The van der Waals surface area contributed by atoms with E-state index < -0.39 is 11.9 Å². The number of rotatable bonds is 5. The highest BCUT2D eigenvalue weighted by Crippen LogP contribution is 2.37. The number of fused-ring (bicyclic) bond motifs is 1. The molecule has 0 fully saturated rings. The lowest BCUT2D eigenvalue weighted by Gasteiger charge is -2.13. The van der Waals surface area contributed by atoms with Crippen molar-refractivity contribution in [2.75, 3.05) is 11.9 Å². The van der Waals surface area contributed by atoms with Gasteiger partial charge in [0.15, 0.2) is 6.61 Å². The molecule has 0 bridgehead atoms. The molecule has 0 radical (unpaired) electrons. The average Bonchev–Trinajstić information content (AvgIpc) is 2.97. The zero-order valence-electron chi connectivity index (χ0n) is 14.8. The normalized spacial score (nSPS) is 10.8. The van der Waals surface area contributed by atoms with Crippen molar-refractivity contribution >= 4 is 62.2 Å². The highest BCUT2D eigenvalue weighted by molar-refractivity contribution is 7.21. The molecule has 0 saturated heterocycles. The van der Waals surface area contributed by atoms with Crippen molar-refractivity contribution < 1.29 is 14.3 Å². The molecular weight excluding hydrogens is 405 g/mol. The number of anilines is 1. The molecule has 0 unspecified atom stereocenters. The van der Waals surface area contributed by atoms with E-state index in [-0.39, 0.29) is 11.5 Å². The largest absolute Gasteiger partial charge is 0.451 e. The summed E-state index contributed by atoms with van der Waals surface area (Å²) >= 11 is 13.4. The Morgan fingerprint density at radius 1 is 1.19 bits per heavy atom. The number of amides is 1. The van der Waals surface area contributed by atoms with Gasteiger partial charge in [0.05, 0.1) is 5.02 Å². The zero-order valence-corrected chi connectivity index (χ0v) is 17.1.